The second kappa shape index (κ2) is 5.41. The van der Waals surface area contributed by atoms with Crippen LogP contribution in [-0.2, 0) is 16.6 Å². The molecule has 112 valence electrons. The highest BCUT2D eigenvalue weighted by Crippen LogP contribution is 2.34. The van der Waals surface area contributed by atoms with E-state index < -0.39 is 35.8 Å². The van der Waals surface area contributed by atoms with E-state index in [1.54, 1.807) is 0 Å². The molecule has 0 saturated carbocycles. The monoisotopic (exact) mass is 291 g/mol. The van der Waals surface area contributed by atoms with Crippen LogP contribution in [0.25, 0.3) is 0 Å². The molecule has 0 bridgehead atoms. The molecule has 0 radical (unpaired) electrons. The Hall–Kier alpha value is -1.60. The first-order valence-electron chi connectivity index (χ1n) is 5.83. The molecule has 4 N–H and O–H groups in total. The fourth-order valence-electron chi connectivity index (χ4n) is 1.69. The maximum absolute atomic E-state index is 12.8. The van der Waals surface area contributed by atoms with Crippen molar-refractivity contribution in [2.75, 3.05) is 0 Å². The first-order valence-corrected chi connectivity index (χ1v) is 5.83. The molecule has 0 fully saturated rings. The molecule has 0 unspecified atom stereocenters. The summed E-state index contributed by atoms with van der Waals surface area (Å²) >= 11 is 0. The highest BCUT2D eigenvalue weighted by atomic mass is 19.4. The lowest BCUT2D eigenvalue weighted by molar-refractivity contribution is -0.138. The summed E-state index contributed by atoms with van der Waals surface area (Å²) in [5.74, 6) is -1.21. The van der Waals surface area contributed by atoms with Gasteiger partial charge < -0.3 is 15.9 Å². The Morgan fingerprint density at radius 2 is 1.75 bits per heavy atom. The fraction of sp³-hybridized carbons (Fsp3) is 0.462. The SMILES string of the molecule is CC(C)(O)c1cc([C@@H](N)CC(=O)O)cc(C(F)(F)F)c1. The average molecular weight is 291 g/mol. The number of rotatable bonds is 4. The third kappa shape index (κ3) is 4.21. The first kappa shape index (κ1) is 16.5. The minimum atomic E-state index is -4.60. The Labute approximate surface area is 114 Å². The Morgan fingerprint density at radius 1 is 1.25 bits per heavy atom. The number of benzene rings is 1. The van der Waals surface area contributed by atoms with Gasteiger partial charge in [-0.3, -0.25) is 4.79 Å². The number of nitrogens with two attached hydrogens (primary N) is 1. The molecule has 4 nitrogen and oxygen atoms in total. The van der Waals surface area contributed by atoms with E-state index in [1.165, 1.54) is 19.9 Å². The molecule has 7 heteroatoms. The summed E-state index contributed by atoms with van der Waals surface area (Å²) in [4.78, 5) is 10.6. The van der Waals surface area contributed by atoms with Crippen LogP contribution in [0.1, 0.15) is 43.0 Å². The van der Waals surface area contributed by atoms with Crippen LogP contribution in [0.3, 0.4) is 0 Å². The summed E-state index contributed by atoms with van der Waals surface area (Å²) < 4.78 is 38.5. The van der Waals surface area contributed by atoms with Gasteiger partial charge in [-0.25, -0.2) is 0 Å². The zero-order valence-electron chi connectivity index (χ0n) is 11.0. The molecular weight excluding hydrogens is 275 g/mol. The van der Waals surface area contributed by atoms with Crippen molar-refractivity contribution in [2.24, 2.45) is 5.73 Å². The van der Waals surface area contributed by atoms with E-state index in [2.05, 4.69) is 0 Å². The van der Waals surface area contributed by atoms with Gasteiger partial charge in [0.2, 0.25) is 0 Å². The first-order chi connectivity index (χ1) is 8.91. The number of aliphatic carboxylic acids is 1. The van der Waals surface area contributed by atoms with Gasteiger partial charge in [-0.15, -0.1) is 0 Å². The zero-order valence-corrected chi connectivity index (χ0v) is 11.0. The lowest BCUT2D eigenvalue weighted by atomic mass is 9.91. The quantitative estimate of drug-likeness (QED) is 0.795. The summed E-state index contributed by atoms with van der Waals surface area (Å²) in [5, 5.41) is 18.5. The van der Waals surface area contributed by atoms with Crippen molar-refractivity contribution in [3.63, 3.8) is 0 Å². The van der Waals surface area contributed by atoms with E-state index in [9.17, 15) is 23.1 Å². The molecule has 0 aliphatic carbocycles. The molecule has 1 rings (SSSR count). The van der Waals surface area contributed by atoms with Crippen molar-refractivity contribution in [3.8, 4) is 0 Å². The van der Waals surface area contributed by atoms with Gasteiger partial charge in [0.05, 0.1) is 17.6 Å². The molecule has 0 aliphatic rings. The summed E-state index contributed by atoms with van der Waals surface area (Å²) in [5.41, 5.74) is 3.20. The molecular formula is C13H16F3NO3. The predicted molar refractivity (Wildman–Crippen MR) is 65.9 cm³/mol. The van der Waals surface area contributed by atoms with Crippen molar-refractivity contribution < 1.29 is 28.2 Å². The minimum absolute atomic E-state index is 0.0272. The minimum Gasteiger partial charge on any atom is -0.481 e. The number of hydrogen-bond acceptors (Lipinski definition) is 3. The van der Waals surface area contributed by atoms with Crippen molar-refractivity contribution in [3.05, 3.63) is 34.9 Å². The molecule has 0 heterocycles. The second-order valence-corrected chi connectivity index (χ2v) is 5.10. The van der Waals surface area contributed by atoms with Gasteiger partial charge in [0.25, 0.3) is 0 Å². The van der Waals surface area contributed by atoms with Crippen LogP contribution in [0.15, 0.2) is 18.2 Å². The number of carboxylic acids is 1. The molecule has 1 aromatic rings. The van der Waals surface area contributed by atoms with Gasteiger partial charge in [0.15, 0.2) is 0 Å². The second-order valence-electron chi connectivity index (χ2n) is 5.10. The van der Waals surface area contributed by atoms with Gasteiger partial charge in [-0.2, -0.15) is 13.2 Å². The fourth-order valence-corrected chi connectivity index (χ4v) is 1.69. The maximum atomic E-state index is 12.8. The van der Waals surface area contributed by atoms with E-state index in [0.29, 0.717) is 0 Å². The third-order valence-electron chi connectivity index (χ3n) is 2.81. The number of halogens is 3. The number of alkyl halides is 3. The summed E-state index contributed by atoms with van der Waals surface area (Å²) in [6.45, 7) is 2.68. The smallest absolute Gasteiger partial charge is 0.416 e. The number of hydrogen-bond donors (Lipinski definition) is 3. The van der Waals surface area contributed by atoms with Crippen LogP contribution in [0.4, 0.5) is 13.2 Å². The van der Waals surface area contributed by atoms with Crippen LogP contribution in [0.5, 0.6) is 0 Å². The van der Waals surface area contributed by atoms with Crippen LogP contribution < -0.4 is 5.73 Å². The topological polar surface area (TPSA) is 83.5 Å². The summed E-state index contributed by atoms with van der Waals surface area (Å²) in [6.07, 6.45) is -5.09. The molecule has 1 aromatic carbocycles. The normalized spacial score (nSPS) is 14.2. The Balaban J connectivity index is 3.34. The van der Waals surface area contributed by atoms with E-state index >= 15 is 0 Å². The Morgan fingerprint density at radius 3 is 2.15 bits per heavy atom. The molecule has 0 amide bonds. The van der Waals surface area contributed by atoms with Crippen LogP contribution in [0, 0.1) is 0 Å². The van der Waals surface area contributed by atoms with Gasteiger partial charge in [-0.05, 0) is 37.1 Å². The van der Waals surface area contributed by atoms with Crippen molar-refractivity contribution in [2.45, 2.75) is 38.1 Å². The number of carbonyl (C=O) groups is 1. The molecule has 0 aliphatic heterocycles. The largest absolute Gasteiger partial charge is 0.481 e. The lowest BCUT2D eigenvalue weighted by Crippen LogP contribution is -2.21. The number of carboxylic acid groups (broad SMARTS) is 1. The third-order valence-corrected chi connectivity index (χ3v) is 2.81. The van der Waals surface area contributed by atoms with Crippen molar-refractivity contribution in [1.29, 1.82) is 0 Å². The van der Waals surface area contributed by atoms with Gasteiger partial charge in [-0.1, -0.05) is 6.07 Å². The van der Waals surface area contributed by atoms with Crippen LogP contribution in [-0.4, -0.2) is 16.2 Å². The molecule has 1 atom stereocenters. The van der Waals surface area contributed by atoms with E-state index in [0.717, 1.165) is 12.1 Å². The van der Waals surface area contributed by atoms with Crippen molar-refractivity contribution >= 4 is 5.97 Å². The Bertz CT molecular complexity index is 474. The van der Waals surface area contributed by atoms with Crippen molar-refractivity contribution in [1.82, 2.24) is 0 Å². The number of aliphatic hydroxyl groups is 1. The van der Waals surface area contributed by atoms with E-state index in [1.807, 2.05) is 0 Å². The lowest BCUT2D eigenvalue weighted by Gasteiger charge is -2.22. The van der Waals surface area contributed by atoms with Crippen LogP contribution in [0.2, 0.25) is 0 Å². The molecule has 0 saturated heterocycles. The highest BCUT2D eigenvalue weighted by Gasteiger charge is 2.33. The highest BCUT2D eigenvalue weighted by molar-refractivity contribution is 5.68. The van der Waals surface area contributed by atoms with Gasteiger partial charge in [0.1, 0.15) is 0 Å². The maximum Gasteiger partial charge on any atom is 0.416 e. The van der Waals surface area contributed by atoms with Gasteiger partial charge in [0, 0.05) is 6.04 Å². The summed E-state index contributed by atoms with van der Waals surface area (Å²) in [6, 6.07) is 1.86. The zero-order chi connectivity index (χ0) is 15.7. The predicted octanol–water partition coefficient (Wildman–Crippen LogP) is 2.41. The summed E-state index contributed by atoms with van der Waals surface area (Å²) in [7, 11) is 0. The standard InChI is InChI=1S/C13H16F3NO3/c1-12(2,20)8-3-7(10(17)6-11(18)19)4-9(5-8)13(14,15)16/h3-5,10,20H,6,17H2,1-2H3,(H,18,19)/t10-/m0/s1. The van der Waals surface area contributed by atoms with E-state index in [4.69, 9.17) is 10.8 Å². The van der Waals surface area contributed by atoms with E-state index in [-0.39, 0.29) is 11.1 Å². The Kier molecular flexibility index (Phi) is 4.45. The molecule has 0 aromatic heterocycles. The molecule has 20 heavy (non-hydrogen) atoms. The van der Waals surface area contributed by atoms with Crippen LogP contribution >= 0.6 is 0 Å². The van der Waals surface area contributed by atoms with Gasteiger partial charge >= 0.3 is 12.1 Å². The molecule has 0 spiro atoms. The average Bonchev–Trinajstić information content (AvgIpc) is 2.25.